The number of hydrogen-bond acceptors (Lipinski definition) is 3. The van der Waals surface area contributed by atoms with E-state index >= 15 is 0 Å². The lowest BCUT2D eigenvalue weighted by Gasteiger charge is -2.37. The van der Waals surface area contributed by atoms with E-state index in [9.17, 15) is 0 Å². The van der Waals surface area contributed by atoms with Gasteiger partial charge in [0.2, 0.25) is 5.90 Å². The van der Waals surface area contributed by atoms with Crippen molar-refractivity contribution >= 4 is 49.0 Å². The van der Waals surface area contributed by atoms with Gasteiger partial charge in [-0.2, -0.15) is 0 Å². The van der Waals surface area contributed by atoms with Gasteiger partial charge in [0.25, 0.3) is 3.79 Å². The van der Waals surface area contributed by atoms with Crippen molar-refractivity contribution in [3.05, 3.63) is 12.2 Å². The SMILES string of the molecule is C[C@@H](/C=C/COC(=N)C(Cl)(Cl)Cl)O[Si](C)(C)C(C)(C)C. The van der Waals surface area contributed by atoms with E-state index in [1.165, 1.54) is 0 Å². The molecule has 0 bridgehead atoms. The first-order chi connectivity index (χ1) is 8.77. The predicted octanol–water partition coefficient (Wildman–Crippen LogP) is 5.32. The summed E-state index contributed by atoms with van der Waals surface area (Å²) in [6, 6.07) is 0. The average molecular weight is 361 g/mol. The largest absolute Gasteiger partial charge is 0.474 e. The van der Waals surface area contributed by atoms with Crippen molar-refractivity contribution < 1.29 is 9.16 Å². The van der Waals surface area contributed by atoms with Crippen molar-refractivity contribution in [2.45, 2.75) is 55.7 Å². The van der Waals surface area contributed by atoms with E-state index < -0.39 is 12.1 Å². The minimum Gasteiger partial charge on any atom is -0.474 e. The fraction of sp³-hybridized carbons (Fsp3) is 0.769. The van der Waals surface area contributed by atoms with Crippen molar-refractivity contribution in [3.8, 4) is 0 Å². The van der Waals surface area contributed by atoms with E-state index in [1.807, 2.05) is 13.0 Å². The van der Waals surface area contributed by atoms with Crippen LogP contribution in [-0.2, 0) is 9.16 Å². The van der Waals surface area contributed by atoms with Gasteiger partial charge in [-0.25, -0.2) is 0 Å². The van der Waals surface area contributed by atoms with Crippen LogP contribution < -0.4 is 0 Å². The molecule has 118 valence electrons. The summed E-state index contributed by atoms with van der Waals surface area (Å²) >= 11 is 16.5. The summed E-state index contributed by atoms with van der Waals surface area (Å²) in [7, 11) is -1.78. The van der Waals surface area contributed by atoms with E-state index in [0.717, 1.165) is 0 Å². The molecule has 1 atom stereocenters. The highest BCUT2D eigenvalue weighted by molar-refractivity contribution is 6.76. The summed E-state index contributed by atoms with van der Waals surface area (Å²) in [6.45, 7) is 13.2. The van der Waals surface area contributed by atoms with Gasteiger partial charge in [-0.15, -0.1) is 0 Å². The van der Waals surface area contributed by atoms with Crippen molar-refractivity contribution in [2.75, 3.05) is 6.61 Å². The molecule has 0 aromatic heterocycles. The van der Waals surface area contributed by atoms with Crippen LogP contribution in [0.15, 0.2) is 12.2 Å². The Labute approximate surface area is 138 Å². The van der Waals surface area contributed by atoms with Crippen LogP contribution in [0.3, 0.4) is 0 Å². The number of halogens is 3. The Bertz CT molecular complexity index is 360. The molecule has 0 fully saturated rings. The summed E-state index contributed by atoms with van der Waals surface area (Å²) in [6.07, 6.45) is 3.65. The van der Waals surface area contributed by atoms with Crippen molar-refractivity contribution in [2.24, 2.45) is 0 Å². The van der Waals surface area contributed by atoms with Crippen molar-refractivity contribution in [1.82, 2.24) is 0 Å². The van der Waals surface area contributed by atoms with E-state index in [0.29, 0.717) is 0 Å². The fourth-order valence-electron chi connectivity index (χ4n) is 1.14. The quantitative estimate of drug-likeness (QED) is 0.237. The third kappa shape index (κ3) is 7.32. The predicted molar refractivity (Wildman–Crippen MR) is 90.9 cm³/mol. The van der Waals surface area contributed by atoms with Gasteiger partial charge >= 0.3 is 0 Å². The summed E-state index contributed by atoms with van der Waals surface area (Å²) in [4.78, 5) is 0. The monoisotopic (exact) mass is 359 g/mol. The maximum atomic E-state index is 7.38. The number of ether oxygens (including phenoxy) is 1. The molecule has 0 saturated carbocycles. The summed E-state index contributed by atoms with van der Waals surface area (Å²) in [5.41, 5.74) is 0. The lowest BCUT2D eigenvalue weighted by molar-refractivity contribution is 0.241. The van der Waals surface area contributed by atoms with E-state index in [1.54, 1.807) is 6.08 Å². The Kier molecular flexibility index (Phi) is 7.59. The second kappa shape index (κ2) is 7.50. The molecule has 7 heteroatoms. The summed E-state index contributed by atoms with van der Waals surface area (Å²) in [5.74, 6) is -0.384. The lowest BCUT2D eigenvalue weighted by Crippen LogP contribution is -2.42. The second-order valence-electron chi connectivity index (χ2n) is 6.15. The van der Waals surface area contributed by atoms with Crippen LogP contribution in [-0.4, -0.2) is 30.7 Å². The Balaban J connectivity index is 4.26. The third-order valence-corrected chi connectivity index (χ3v) is 8.36. The van der Waals surface area contributed by atoms with E-state index in [4.69, 9.17) is 49.4 Å². The molecule has 0 aliphatic heterocycles. The fourth-order valence-corrected chi connectivity index (χ4v) is 2.67. The van der Waals surface area contributed by atoms with Crippen LogP contribution in [0.25, 0.3) is 0 Å². The highest BCUT2D eigenvalue weighted by atomic mass is 35.6. The molecule has 0 aromatic rings. The standard InChI is InChI=1S/C13H24Cl3NO2Si/c1-10(19-20(5,6)12(2,3)4)8-7-9-18-11(17)13(14,15)16/h7-8,10,17H,9H2,1-6H3/b8-7+,17-11?/t10-/m0/s1. The summed E-state index contributed by atoms with van der Waals surface area (Å²) in [5, 5.41) is 7.55. The van der Waals surface area contributed by atoms with Crippen LogP contribution >= 0.6 is 34.8 Å². The molecule has 1 N–H and O–H groups in total. The van der Waals surface area contributed by atoms with Crippen LogP contribution in [0.1, 0.15) is 27.7 Å². The van der Waals surface area contributed by atoms with E-state index in [-0.39, 0.29) is 23.6 Å². The molecule has 0 aliphatic rings. The molecular weight excluding hydrogens is 337 g/mol. The first-order valence-electron chi connectivity index (χ1n) is 6.40. The molecule has 0 aliphatic carbocycles. The molecule has 3 nitrogen and oxygen atoms in total. The average Bonchev–Trinajstić information content (AvgIpc) is 2.20. The molecular formula is C13H24Cl3NO2Si. The smallest absolute Gasteiger partial charge is 0.265 e. The first-order valence-corrected chi connectivity index (χ1v) is 10.4. The number of hydrogen-bond donors (Lipinski definition) is 1. The van der Waals surface area contributed by atoms with Gasteiger partial charge in [0.05, 0.1) is 6.10 Å². The molecule has 0 radical (unpaired) electrons. The Hall–Kier alpha value is 0.257. The molecule has 0 aromatic carbocycles. The molecule has 0 amide bonds. The van der Waals surface area contributed by atoms with Gasteiger partial charge in [0.15, 0.2) is 8.32 Å². The molecule has 0 unspecified atom stereocenters. The number of rotatable bonds is 5. The van der Waals surface area contributed by atoms with Crippen LogP contribution in [0, 0.1) is 5.41 Å². The van der Waals surface area contributed by atoms with Crippen molar-refractivity contribution in [1.29, 1.82) is 5.41 Å². The van der Waals surface area contributed by atoms with Crippen LogP contribution in [0.5, 0.6) is 0 Å². The topological polar surface area (TPSA) is 42.3 Å². The summed E-state index contributed by atoms with van der Waals surface area (Å²) < 4.78 is 9.34. The second-order valence-corrected chi connectivity index (χ2v) is 13.2. The van der Waals surface area contributed by atoms with E-state index in [2.05, 4.69) is 33.9 Å². The Morgan fingerprint density at radius 1 is 1.25 bits per heavy atom. The number of alkyl halides is 3. The zero-order valence-electron chi connectivity index (χ0n) is 12.9. The zero-order valence-corrected chi connectivity index (χ0v) is 16.2. The van der Waals surface area contributed by atoms with Gasteiger partial charge in [-0.1, -0.05) is 61.7 Å². The lowest BCUT2D eigenvalue weighted by atomic mass is 10.2. The van der Waals surface area contributed by atoms with Gasteiger partial charge in [0, 0.05) is 0 Å². The normalized spacial score (nSPS) is 15.4. The van der Waals surface area contributed by atoms with Gasteiger partial charge in [0.1, 0.15) is 6.61 Å². The minimum atomic E-state index is -1.81. The Morgan fingerprint density at radius 2 is 1.75 bits per heavy atom. The van der Waals surface area contributed by atoms with Gasteiger partial charge in [-0.3, -0.25) is 5.41 Å². The highest BCUT2D eigenvalue weighted by Gasteiger charge is 2.38. The van der Waals surface area contributed by atoms with Crippen LogP contribution in [0.2, 0.25) is 18.1 Å². The molecule has 0 saturated heterocycles. The van der Waals surface area contributed by atoms with Crippen molar-refractivity contribution in [3.63, 3.8) is 0 Å². The highest BCUT2D eigenvalue weighted by Crippen LogP contribution is 2.37. The third-order valence-electron chi connectivity index (χ3n) is 3.28. The maximum absolute atomic E-state index is 7.38. The molecule has 20 heavy (non-hydrogen) atoms. The molecule has 0 heterocycles. The van der Waals surface area contributed by atoms with Gasteiger partial charge < -0.3 is 9.16 Å². The minimum absolute atomic E-state index is 0.0126. The first kappa shape index (κ1) is 20.3. The molecule has 0 spiro atoms. The zero-order chi connectivity index (χ0) is 16.2. The molecule has 0 rings (SSSR count). The number of nitrogens with one attached hydrogen (secondary N) is 1. The maximum Gasteiger partial charge on any atom is 0.265 e. The Morgan fingerprint density at radius 3 is 2.15 bits per heavy atom. The van der Waals surface area contributed by atoms with Crippen LogP contribution in [0.4, 0.5) is 0 Å². The van der Waals surface area contributed by atoms with Gasteiger partial charge in [-0.05, 0) is 31.1 Å².